The second-order valence-electron chi connectivity index (χ2n) is 5.23. The van der Waals surface area contributed by atoms with Crippen LogP contribution in [0.1, 0.15) is 58.8 Å². The van der Waals surface area contributed by atoms with E-state index in [-0.39, 0.29) is 0 Å². The maximum absolute atomic E-state index is 5.67. The summed E-state index contributed by atoms with van der Waals surface area (Å²) in [6.07, 6.45) is 9.54. The normalized spacial score (nSPS) is 18.0. The van der Waals surface area contributed by atoms with E-state index in [9.17, 15) is 0 Å². The lowest BCUT2D eigenvalue weighted by atomic mass is 9.94. The predicted molar refractivity (Wildman–Crippen MR) is 71.6 cm³/mol. The zero-order chi connectivity index (χ0) is 11.8. The van der Waals surface area contributed by atoms with E-state index in [1.165, 1.54) is 58.0 Å². The molecule has 0 amide bonds. The Morgan fingerprint density at radius 3 is 2.44 bits per heavy atom. The SMILES string of the molecule is CCCC(CCN)CCCN(CC)C1CC1. The molecule has 1 atom stereocenters. The monoisotopic (exact) mass is 226 g/mol. The molecule has 2 N–H and O–H groups in total. The molecule has 0 bridgehead atoms. The van der Waals surface area contributed by atoms with E-state index in [4.69, 9.17) is 5.73 Å². The topological polar surface area (TPSA) is 29.3 Å². The van der Waals surface area contributed by atoms with E-state index >= 15 is 0 Å². The Balaban J connectivity index is 2.10. The third kappa shape index (κ3) is 5.31. The van der Waals surface area contributed by atoms with Crippen molar-refractivity contribution in [2.45, 2.75) is 64.8 Å². The first-order valence-corrected chi connectivity index (χ1v) is 7.25. The fourth-order valence-corrected chi connectivity index (χ4v) is 2.70. The Hall–Kier alpha value is -0.0800. The third-order valence-electron chi connectivity index (χ3n) is 3.80. The first-order valence-electron chi connectivity index (χ1n) is 7.25. The van der Waals surface area contributed by atoms with Crippen molar-refractivity contribution in [3.05, 3.63) is 0 Å². The van der Waals surface area contributed by atoms with Gasteiger partial charge < -0.3 is 10.6 Å². The molecule has 1 aliphatic rings. The molecule has 2 heteroatoms. The van der Waals surface area contributed by atoms with Crippen molar-refractivity contribution in [2.24, 2.45) is 11.7 Å². The Bertz CT molecular complexity index is 160. The third-order valence-corrected chi connectivity index (χ3v) is 3.80. The summed E-state index contributed by atoms with van der Waals surface area (Å²) in [5.41, 5.74) is 5.67. The van der Waals surface area contributed by atoms with Crippen LogP contribution < -0.4 is 5.73 Å². The summed E-state index contributed by atoms with van der Waals surface area (Å²) in [6, 6.07) is 0.934. The molecule has 0 spiro atoms. The lowest BCUT2D eigenvalue weighted by molar-refractivity contribution is 0.259. The predicted octanol–water partition coefficient (Wildman–Crippen LogP) is 3.02. The molecule has 0 aromatic carbocycles. The Morgan fingerprint density at radius 2 is 1.94 bits per heavy atom. The van der Waals surface area contributed by atoms with Gasteiger partial charge in [-0.15, -0.1) is 0 Å². The summed E-state index contributed by atoms with van der Waals surface area (Å²) < 4.78 is 0. The maximum atomic E-state index is 5.67. The van der Waals surface area contributed by atoms with Crippen LogP contribution in [0.3, 0.4) is 0 Å². The van der Waals surface area contributed by atoms with Gasteiger partial charge >= 0.3 is 0 Å². The summed E-state index contributed by atoms with van der Waals surface area (Å²) in [5.74, 6) is 0.882. The van der Waals surface area contributed by atoms with Crippen LogP contribution in [-0.4, -0.2) is 30.6 Å². The molecule has 96 valence electrons. The minimum atomic E-state index is 0.866. The molecule has 0 aromatic rings. The largest absolute Gasteiger partial charge is 0.330 e. The van der Waals surface area contributed by atoms with Gasteiger partial charge in [-0.3, -0.25) is 0 Å². The molecule has 0 aromatic heterocycles. The summed E-state index contributed by atoms with van der Waals surface area (Å²) in [6.45, 7) is 7.99. The Labute approximate surface area is 102 Å². The van der Waals surface area contributed by atoms with Gasteiger partial charge in [0.1, 0.15) is 0 Å². The summed E-state index contributed by atoms with van der Waals surface area (Å²) >= 11 is 0. The molecule has 0 saturated heterocycles. The zero-order valence-corrected chi connectivity index (χ0v) is 11.3. The fourth-order valence-electron chi connectivity index (χ4n) is 2.70. The van der Waals surface area contributed by atoms with Gasteiger partial charge in [0.05, 0.1) is 0 Å². The second kappa shape index (κ2) is 8.08. The van der Waals surface area contributed by atoms with Gasteiger partial charge in [-0.2, -0.15) is 0 Å². The summed E-state index contributed by atoms with van der Waals surface area (Å²) in [7, 11) is 0. The average Bonchev–Trinajstić information content (AvgIpc) is 3.09. The van der Waals surface area contributed by atoms with Crippen molar-refractivity contribution in [3.63, 3.8) is 0 Å². The van der Waals surface area contributed by atoms with Crippen LogP contribution in [0.25, 0.3) is 0 Å². The highest BCUT2D eigenvalue weighted by molar-refractivity contribution is 4.83. The van der Waals surface area contributed by atoms with Gasteiger partial charge in [0.2, 0.25) is 0 Å². The van der Waals surface area contributed by atoms with Crippen LogP contribution >= 0.6 is 0 Å². The molecule has 16 heavy (non-hydrogen) atoms. The molecule has 1 unspecified atom stereocenters. The Morgan fingerprint density at radius 1 is 1.19 bits per heavy atom. The molecule has 1 fully saturated rings. The molecule has 1 rings (SSSR count). The van der Waals surface area contributed by atoms with Crippen LogP contribution in [0.5, 0.6) is 0 Å². The van der Waals surface area contributed by atoms with Gasteiger partial charge in [-0.1, -0.05) is 26.7 Å². The van der Waals surface area contributed by atoms with Crippen LogP contribution in [0.15, 0.2) is 0 Å². The van der Waals surface area contributed by atoms with Crippen molar-refractivity contribution >= 4 is 0 Å². The van der Waals surface area contributed by atoms with E-state index in [0.29, 0.717) is 0 Å². The lowest BCUT2D eigenvalue weighted by Crippen LogP contribution is -2.27. The molecule has 2 nitrogen and oxygen atoms in total. The smallest absolute Gasteiger partial charge is 0.00963 e. The molecule has 0 heterocycles. The van der Waals surface area contributed by atoms with Crippen molar-refractivity contribution in [3.8, 4) is 0 Å². The highest BCUT2D eigenvalue weighted by atomic mass is 15.2. The van der Waals surface area contributed by atoms with Gasteiger partial charge in [0, 0.05) is 6.04 Å². The molecule has 1 saturated carbocycles. The van der Waals surface area contributed by atoms with Crippen LogP contribution in [0.4, 0.5) is 0 Å². The van der Waals surface area contributed by atoms with E-state index in [1.807, 2.05) is 0 Å². The number of nitrogens with two attached hydrogens (primary N) is 1. The summed E-state index contributed by atoms with van der Waals surface area (Å²) in [5, 5.41) is 0. The van der Waals surface area contributed by atoms with E-state index < -0.39 is 0 Å². The van der Waals surface area contributed by atoms with Crippen LogP contribution in [-0.2, 0) is 0 Å². The molecular weight excluding hydrogens is 196 g/mol. The molecule has 1 aliphatic carbocycles. The first kappa shape index (κ1) is 14.0. The second-order valence-corrected chi connectivity index (χ2v) is 5.23. The minimum absolute atomic E-state index is 0.866. The lowest BCUT2D eigenvalue weighted by Gasteiger charge is -2.21. The van der Waals surface area contributed by atoms with E-state index in [0.717, 1.165) is 18.5 Å². The van der Waals surface area contributed by atoms with Gasteiger partial charge in [0.25, 0.3) is 0 Å². The Kier molecular flexibility index (Phi) is 7.06. The molecular formula is C14H30N2. The highest BCUT2D eigenvalue weighted by Crippen LogP contribution is 2.27. The summed E-state index contributed by atoms with van der Waals surface area (Å²) in [4.78, 5) is 2.66. The van der Waals surface area contributed by atoms with E-state index in [1.54, 1.807) is 0 Å². The number of rotatable bonds is 10. The first-order chi connectivity index (χ1) is 7.81. The zero-order valence-electron chi connectivity index (χ0n) is 11.3. The quantitative estimate of drug-likeness (QED) is 0.620. The molecule has 0 aliphatic heterocycles. The van der Waals surface area contributed by atoms with Crippen molar-refractivity contribution in [1.82, 2.24) is 4.90 Å². The number of hydrogen-bond donors (Lipinski definition) is 1. The standard InChI is InChI=1S/C14H30N2/c1-3-6-13(10-11-15)7-5-12-16(4-2)14-8-9-14/h13-14H,3-12,15H2,1-2H3. The van der Waals surface area contributed by atoms with Gasteiger partial charge in [-0.25, -0.2) is 0 Å². The number of nitrogens with zero attached hydrogens (tertiary/aromatic N) is 1. The highest BCUT2D eigenvalue weighted by Gasteiger charge is 2.27. The van der Waals surface area contributed by atoms with Crippen LogP contribution in [0.2, 0.25) is 0 Å². The fraction of sp³-hybridized carbons (Fsp3) is 1.00. The van der Waals surface area contributed by atoms with Crippen molar-refractivity contribution in [1.29, 1.82) is 0 Å². The van der Waals surface area contributed by atoms with Crippen LogP contribution in [0, 0.1) is 5.92 Å². The van der Waals surface area contributed by atoms with E-state index in [2.05, 4.69) is 18.7 Å². The minimum Gasteiger partial charge on any atom is -0.330 e. The maximum Gasteiger partial charge on any atom is 0.00963 e. The molecule has 0 radical (unpaired) electrons. The van der Waals surface area contributed by atoms with Crippen molar-refractivity contribution < 1.29 is 0 Å². The number of hydrogen-bond acceptors (Lipinski definition) is 2. The van der Waals surface area contributed by atoms with Gasteiger partial charge in [0.15, 0.2) is 0 Å². The average molecular weight is 226 g/mol. The van der Waals surface area contributed by atoms with Gasteiger partial charge in [-0.05, 0) is 57.7 Å². The van der Waals surface area contributed by atoms with Crippen molar-refractivity contribution in [2.75, 3.05) is 19.6 Å².